The second kappa shape index (κ2) is 8.39. The van der Waals surface area contributed by atoms with Crippen molar-refractivity contribution in [3.8, 4) is 0 Å². The number of fused-ring (bicyclic) bond motifs is 1. The molecule has 0 aliphatic carbocycles. The van der Waals surface area contributed by atoms with Crippen molar-refractivity contribution in [3.05, 3.63) is 59.2 Å². The van der Waals surface area contributed by atoms with Crippen molar-refractivity contribution in [2.24, 2.45) is 0 Å². The van der Waals surface area contributed by atoms with Crippen molar-refractivity contribution in [2.45, 2.75) is 26.9 Å². The molecule has 3 rings (SSSR count). The van der Waals surface area contributed by atoms with Crippen LogP contribution in [0.3, 0.4) is 0 Å². The summed E-state index contributed by atoms with van der Waals surface area (Å²) in [5, 5.41) is 1.06. The first kappa shape index (κ1) is 20.7. The fourth-order valence-corrected chi connectivity index (χ4v) is 3.19. The molecule has 0 aliphatic heterocycles. The summed E-state index contributed by atoms with van der Waals surface area (Å²) in [6.07, 6.45) is 1.77. The maximum absolute atomic E-state index is 13.1. The second-order valence-electron chi connectivity index (χ2n) is 6.39. The Labute approximate surface area is 164 Å². The number of benzene rings is 1. The molecule has 0 bridgehead atoms. The first-order valence-corrected chi connectivity index (χ1v) is 8.39. The van der Waals surface area contributed by atoms with Crippen LogP contribution in [-0.4, -0.2) is 29.7 Å². The number of halogens is 2. The Balaban J connectivity index is 0.00000261. The molecule has 3 aromatic rings. The van der Waals surface area contributed by atoms with Gasteiger partial charge in [0.15, 0.2) is 5.82 Å². The van der Waals surface area contributed by atoms with Crippen molar-refractivity contribution < 1.29 is 13.9 Å². The zero-order chi connectivity index (χ0) is 18.8. The van der Waals surface area contributed by atoms with E-state index in [0.717, 1.165) is 33.5 Å². The van der Waals surface area contributed by atoms with Gasteiger partial charge in [-0.3, -0.25) is 4.79 Å². The smallest absolute Gasteiger partial charge is 0.325 e. The monoisotopic (exact) mass is 391 g/mol. The van der Waals surface area contributed by atoms with Gasteiger partial charge in [0, 0.05) is 30.9 Å². The highest BCUT2D eigenvalue weighted by Crippen LogP contribution is 2.31. The molecule has 0 unspecified atom stereocenters. The average molecular weight is 392 g/mol. The fraction of sp³-hybridized carbons (Fsp3) is 0.300. The standard InChI is InChI=1S/C20H22FN3O2.ClH/c1-13-14(2)24(12-18(25)26-4)19-17(13)9-10-22-20(19)23(3)11-15-5-7-16(21)8-6-15;/h5-10H,11-12H2,1-4H3;1H. The van der Waals surface area contributed by atoms with Crippen molar-refractivity contribution in [1.82, 2.24) is 9.55 Å². The molecule has 0 atom stereocenters. The van der Waals surface area contributed by atoms with Crippen LogP contribution >= 0.6 is 12.4 Å². The van der Waals surface area contributed by atoms with Gasteiger partial charge in [0.05, 0.1) is 12.6 Å². The number of esters is 1. The van der Waals surface area contributed by atoms with Crippen LogP contribution in [0.25, 0.3) is 10.9 Å². The van der Waals surface area contributed by atoms with Gasteiger partial charge in [0.1, 0.15) is 12.4 Å². The Hall–Kier alpha value is -2.60. The minimum absolute atomic E-state index is 0. The van der Waals surface area contributed by atoms with E-state index in [2.05, 4.69) is 4.98 Å². The first-order valence-electron chi connectivity index (χ1n) is 8.39. The predicted molar refractivity (Wildman–Crippen MR) is 107 cm³/mol. The number of rotatable bonds is 5. The lowest BCUT2D eigenvalue weighted by molar-refractivity contribution is -0.141. The largest absolute Gasteiger partial charge is 0.468 e. The van der Waals surface area contributed by atoms with E-state index in [4.69, 9.17) is 4.74 Å². The minimum atomic E-state index is -0.305. The SMILES string of the molecule is COC(=O)Cn1c(C)c(C)c2ccnc(N(C)Cc3ccc(F)cc3)c21.Cl. The van der Waals surface area contributed by atoms with E-state index >= 15 is 0 Å². The minimum Gasteiger partial charge on any atom is -0.468 e. The number of anilines is 1. The van der Waals surface area contributed by atoms with Crippen LogP contribution in [0, 0.1) is 19.7 Å². The topological polar surface area (TPSA) is 47.4 Å². The number of hydrogen-bond donors (Lipinski definition) is 0. The van der Waals surface area contributed by atoms with Crippen LogP contribution in [0.1, 0.15) is 16.8 Å². The summed E-state index contributed by atoms with van der Waals surface area (Å²) in [5.74, 6) is 0.211. The van der Waals surface area contributed by atoms with Crippen molar-refractivity contribution >= 4 is 35.1 Å². The molecule has 0 saturated carbocycles. The summed E-state index contributed by atoms with van der Waals surface area (Å²) in [7, 11) is 3.32. The van der Waals surface area contributed by atoms with E-state index in [1.54, 1.807) is 18.3 Å². The number of aryl methyl sites for hydroxylation is 1. The van der Waals surface area contributed by atoms with E-state index in [9.17, 15) is 9.18 Å². The highest BCUT2D eigenvalue weighted by atomic mass is 35.5. The highest BCUT2D eigenvalue weighted by molar-refractivity contribution is 5.94. The third-order valence-electron chi connectivity index (χ3n) is 4.74. The number of hydrogen-bond acceptors (Lipinski definition) is 4. The van der Waals surface area contributed by atoms with Crippen LogP contribution in [0.5, 0.6) is 0 Å². The number of nitrogens with zero attached hydrogens (tertiary/aromatic N) is 3. The zero-order valence-corrected chi connectivity index (χ0v) is 16.6. The highest BCUT2D eigenvalue weighted by Gasteiger charge is 2.19. The Kier molecular flexibility index (Phi) is 6.44. The van der Waals surface area contributed by atoms with Gasteiger partial charge in [0.2, 0.25) is 0 Å². The van der Waals surface area contributed by atoms with Gasteiger partial charge in [-0.2, -0.15) is 0 Å². The molecule has 5 nitrogen and oxygen atoms in total. The lowest BCUT2D eigenvalue weighted by atomic mass is 10.2. The molecule has 1 aromatic carbocycles. The van der Waals surface area contributed by atoms with Gasteiger partial charge in [-0.25, -0.2) is 9.37 Å². The van der Waals surface area contributed by atoms with Gasteiger partial charge in [-0.05, 0) is 43.2 Å². The van der Waals surface area contributed by atoms with Crippen molar-refractivity contribution in [3.63, 3.8) is 0 Å². The number of carbonyl (C=O) groups excluding carboxylic acids is 1. The summed E-state index contributed by atoms with van der Waals surface area (Å²) in [6, 6.07) is 8.38. The molecule has 0 saturated heterocycles. The third kappa shape index (κ3) is 4.06. The van der Waals surface area contributed by atoms with E-state index < -0.39 is 0 Å². The van der Waals surface area contributed by atoms with Crippen molar-refractivity contribution in [1.29, 1.82) is 0 Å². The molecule has 0 radical (unpaired) electrons. The Morgan fingerprint density at radius 3 is 2.52 bits per heavy atom. The van der Waals surface area contributed by atoms with E-state index in [0.29, 0.717) is 6.54 Å². The van der Waals surface area contributed by atoms with Gasteiger partial charge < -0.3 is 14.2 Å². The summed E-state index contributed by atoms with van der Waals surface area (Å²) in [6.45, 7) is 4.74. The molecule has 144 valence electrons. The Bertz CT molecular complexity index is 954. The maximum atomic E-state index is 13.1. The van der Waals surface area contributed by atoms with Crippen LogP contribution < -0.4 is 4.90 Å². The van der Waals surface area contributed by atoms with E-state index in [1.807, 2.05) is 36.4 Å². The van der Waals surface area contributed by atoms with Gasteiger partial charge in [-0.15, -0.1) is 12.4 Å². The average Bonchev–Trinajstić information content (AvgIpc) is 2.88. The zero-order valence-electron chi connectivity index (χ0n) is 15.8. The van der Waals surface area contributed by atoms with E-state index in [-0.39, 0.29) is 30.7 Å². The Morgan fingerprint density at radius 2 is 1.89 bits per heavy atom. The lowest BCUT2D eigenvalue weighted by Gasteiger charge is -2.20. The lowest BCUT2D eigenvalue weighted by Crippen LogP contribution is -2.20. The quantitative estimate of drug-likeness (QED) is 0.616. The molecule has 0 spiro atoms. The fourth-order valence-electron chi connectivity index (χ4n) is 3.19. The number of pyridine rings is 1. The van der Waals surface area contributed by atoms with Gasteiger partial charge >= 0.3 is 5.97 Å². The first-order chi connectivity index (χ1) is 12.4. The molecule has 27 heavy (non-hydrogen) atoms. The number of aromatic nitrogens is 2. The van der Waals surface area contributed by atoms with Crippen LogP contribution in [0.2, 0.25) is 0 Å². The molecule has 0 aliphatic rings. The molecule has 2 aromatic heterocycles. The van der Waals surface area contributed by atoms with E-state index in [1.165, 1.54) is 19.2 Å². The summed E-state index contributed by atoms with van der Waals surface area (Å²) < 4.78 is 19.9. The number of carbonyl (C=O) groups is 1. The maximum Gasteiger partial charge on any atom is 0.325 e. The molecule has 7 heteroatoms. The van der Waals surface area contributed by atoms with Gasteiger partial charge in [0.25, 0.3) is 0 Å². The van der Waals surface area contributed by atoms with Crippen LogP contribution in [0.4, 0.5) is 10.2 Å². The number of methoxy groups -OCH3 is 1. The molecule has 2 heterocycles. The molecular weight excluding hydrogens is 369 g/mol. The summed E-state index contributed by atoms with van der Waals surface area (Å²) >= 11 is 0. The molecule has 0 fully saturated rings. The van der Waals surface area contributed by atoms with Gasteiger partial charge in [-0.1, -0.05) is 12.1 Å². The van der Waals surface area contributed by atoms with Crippen LogP contribution in [0.15, 0.2) is 36.5 Å². The summed E-state index contributed by atoms with van der Waals surface area (Å²) in [4.78, 5) is 18.4. The summed E-state index contributed by atoms with van der Waals surface area (Å²) in [5.41, 5.74) is 4.00. The predicted octanol–water partition coefficient (Wildman–Crippen LogP) is 4.02. The Morgan fingerprint density at radius 1 is 1.22 bits per heavy atom. The molecule has 0 amide bonds. The van der Waals surface area contributed by atoms with Crippen LogP contribution in [-0.2, 0) is 22.6 Å². The second-order valence-corrected chi connectivity index (χ2v) is 6.39. The molecule has 0 N–H and O–H groups in total. The number of ether oxygens (including phenoxy) is 1. The third-order valence-corrected chi connectivity index (χ3v) is 4.74. The normalized spacial score (nSPS) is 10.6. The molecular formula is C20H23ClFN3O2. The van der Waals surface area contributed by atoms with Crippen molar-refractivity contribution in [2.75, 3.05) is 19.1 Å².